The standard InChI is InChI=1S/C11H11N3O5/c1-5-7-2-6(3-12-10(7)19-14-5)9(16)13-8(4-15)11(17)18/h2-3,8,15H,4H2,1H3,(H,13,16)(H,17,18)/t8-/m1/s1. The van der Waals surface area contributed by atoms with Crippen molar-refractivity contribution in [3.8, 4) is 0 Å². The van der Waals surface area contributed by atoms with Gasteiger partial charge in [-0.25, -0.2) is 9.78 Å². The van der Waals surface area contributed by atoms with Crippen LogP contribution >= 0.6 is 0 Å². The average molecular weight is 265 g/mol. The second kappa shape index (κ2) is 5.02. The largest absolute Gasteiger partial charge is 0.480 e. The molecule has 0 unspecified atom stereocenters. The molecule has 0 bridgehead atoms. The normalized spacial score (nSPS) is 12.3. The molecule has 19 heavy (non-hydrogen) atoms. The van der Waals surface area contributed by atoms with Crippen molar-refractivity contribution in [3.05, 3.63) is 23.5 Å². The molecule has 0 radical (unpaired) electrons. The highest BCUT2D eigenvalue weighted by Gasteiger charge is 2.20. The monoisotopic (exact) mass is 265 g/mol. The SMILES string of the molecule is Cc1noc2ncc(C(=O)N[C@H](CO)C(=O)O)cc12. The van der Waals surface area contributed by atoms with Crippen molar-refractivity contribution in [2.24, 2.45) is 0 Å². The van der Waals surface area contributed by atoms with E-state index in [-0.39, 0.29) is 5.56 Å². The zero-order valence-corrected chi connectivity index (χ0v) is 9.95. The number of fused-ring (bicyclic) bond motifs is 1. The zero-order chi connectivity index (χ0) is 14.0. The van der Waals surface area contributed by atoms with E-state index >= 15 is 0 Å². The van der Waals surface area contributed by atoms with E-state index in [1.165, 1.54) is 12.3 Å². The number of aliphatic hydroxyl groups excluding tert-OH is 1. The van der Waals surface area contributed by atoms with Gasteiger partial charge in [0.2, 0.25) is 0 Å². The number of aryl methyl sites for hydroxylation is 1. The molecule has 0 spiro atoms. The lowest BCUT2D eigenvalue weighted by Gasteiger charge is -2.11. The Hall–Kier alpha value is -2.48. The quantitative estimate of drug-likeness (QED) is 0.693. The van der Waals surface area contributed by atoms with E-state index in [9.17, 15) is 9.59 Å². The summed E-state index contributed by atoms with van der Waals surface area (Å²) in [5, 5.41) is 24.0. The number of aliphatic hydroxyl groups is 1. The third kappa shape index (κ3) is 2.52. The summed E-state index contributed by atoms with van der Waals surface area (Å²) >= 11 is 0. The molecule has 0 aliphatic rings. The van der Waals surface area contributed by atoms with Crippen LogP contribution in [0.25, 0.3) is 11.1 Å². The summed E-state index contributed by atoms with van der Waals surface area (Å²) in [5.41, 5.74) is 1.04. The number of aliphatic carboxylic acids is 1. The number of carboxylic acid groups (broad SMARTS) is 1. The van der Waals surface area contributed by atoms with Crippen molar-refractivity contribution in [1.82, 2.24) is 15.5 Å². The van der Waals surface area contributed by atoms with E-state index in [0.717, 1.165) is 0 Å². The van der Waals surface area contributed by atoms with E-state index in [2.05, 4.69) is 15.5 Å². The van der Waals surface area contributed by atoms with Gasteiger partial charge in [0, 0.05) is 6.20 Å². The van der Waals surface area contributed by atoms with Crippen molar-refractivity contribution in [1.29, 1.82) is 0 Å². The van der Waals surface area contributed by atoms with Crippen molar-refractivity contribution in [2.75, 3.05) is 6.61 Å². The number of carboxylic acids is 1. The van der Waals surface area contributed by atoms with Crippen LogP contribution in [0.1, 0.15) is 16.1 Å². The third-order valence-electron chi connectivity index (χ3n) is 2.56. The number of nitrogens with zero attached hydrogens (tertiary/aromatic N) is 2. The van der Waals surface area contributed by atoms with E-state index < -0.39 is 24.5 Å². The number of hydrogen-bond acceptors (Lipinski definition) is 6. The summed E-state index contributed by atoms with van der Waals surface area (Å²) in [7, 11) is 0. The van der Waals surface area contributed by atoms with E-state index in [0.29, 0.717) is 16.8 Å². The molecule has 0 aliphatic heterocycles. The molecule has 0 fully saturated rings. The molecular formula is C11H11N3O5. The maximum atomic E-state index is 11.8. The smallest absolute Gasteiger partial charge is 0.328 e. The molecule has 0 saturated carbocycles. The minimum atomic E-state index is -1.35. The Balaban J connectivity index is 2.26. The maximum Gasteiger partial charge on any atom is 0.328 e. The van der Waals surface area contributed by atoms with Gasteiger partial charge in [-0.05, 0) is 13.0 Å². The van der Waals surface area contributed by atoms with Gasteiger partial charge in [-0.2, -0.15) is 0 Å². The molecular weight excluding hydrogens is 254 g/mol. The number of hydrogen-bond donors (Lipinski definition) is 3. The minimum absolute atomic E-state index is 0.165. The molecule has 2 rings (SSSR count). The number of carbonyl (C=O) groups excluding carboxylic acids is 1. The fraction of sp³-hybridized carbons (Fsp3) is 0.273. The topological polar surface area (TPSA) is 126 Å². The first-order valence-corrected chi connectivity index (χ1v) is 5.39. The number of aromatic nitrogens is 2. The van der Waals surface area contributed by atoms with Crippen LogP contribution < -0.4 is 5.32 Å². The first-order chi connectivity index (χ1) is 9.02. The van der Waals surface area contributed by atoms with Gasteiger partial charge in [-0.3, -0.25) is 4.79 Å². The Morgan fingerprint density at radius 1 is 1.53 bits per heavy atom. The fourth-order valence-electron chi connectivity index (χ4n) is 1.50. The lowest BCUT2D eigenvalue weighted by atomic mass is 10.2. The molecule has 0 aliphatic carbocycles. The number of nitrogens with one attached hydrogen (secondary N) is 1. The van der Waals surface area contributed by atoms with E-state index in [1.807, 2.05) is 0 Å². The van der Waals surface area contributed by atoms with E-state index in [1.54, 1.807) is 6.92 Å². The predicted molar refractivity (Wildman–Crippen MR) is 62.5 cm³/mol. The Morgan fingerprint density at radius 3 is 2.89 bits per heavy atom. The molecule has 1 atom stereocenters. The predicted octanol–water partition coefficient (Wildman–Crippen LogP) is -0.293. The molecule has 3 N–H and O–H groups in total. The van der Waals surface area contributed by atoms with Crippen molar-refractivity contribution in [3.63, 3.8) is 0 Å². The molecule has 0 saturated heterocycles. The van der Waals surface area contributed by atoms with Gasteiger partial charge in [0.05, 0.1) is 23.3 Å². The fourth-order valence-corrected chi connectivity index (χ4v) is 1.50. The second-order valence-electron chi connectivity index (χ2n) is 3.89. The minimum Gasteiger partial charge on any atom is -0.480 e. The van der Waals surface area contributed by atoms with Crippen molar-refractivity contribution in [2.45, 2.75) is 13.0 Å². The van der Waals surface area contributed by atoms with Crippen LogP contribution in [-0.2, 0) is 4.79 Å². The Bertz CT molecular complexity index is 636. The first kappa shape index (κ1) is 13.0. The molecule has 2 heterocycles. The van der Waals surface area contributed by atoms with Crippen molar-refractivity contribution < 1.29 is 24.3 Å². The van der Waals surface area contributed by atoms with E-state index in [4.69, 9.17) is 14.7 Å². The first-order valence-electron chi connectivity index (χ1n) is 5.39. The van der Waals surface area contributed by atoms with Gasteiger partial charge in [-0.1, -0.05) is 5.16 Å². The van der Waals surface area contributed by atoms with Crippen LogP contribution in [0, 0.1) is 6.92 Å². The summed E-state index contributed by atoms with van der Waals surface area (Å²) < 4.78 is 4.90. The lowest BCUT2D eigenvalue weighted by molar-refractivity contribution is -0.140. The Labute approximate surface area is 107 Å². The average Bonchev–Trinajstić information content (AvgIpc) is 2.76. The van der Waals surface area contributed by atoms with Crippen LogP contribution in [0.5, 0.6) is 0 Å². The van der Waals surface area contributed by atoms with Crippen LogP contribution in [-0.4, -0.2) is 44.9 Å². The Morgan fingerprint density at radius 2 is 2.26 bits per heavy atom. The van der Waals surface area contributed by atoms with Gasteiger partial charge in [-0.15, -0.1) is 0 Å². The molecule has 8 heteroatoms. The van der Waals surface area contributed by atoms with Crippen LogP contribution in [0.2, 0.25) is 0 Å². The summed E-state index contributed by atoms with van der Waals surface area (Å²) in [4.78, 5) is 26.4. The van der Waals surface area contributed by atoms with Gasteiger partial charge in [0.1, 0.15) is 0 Å². The lowest BCUT2D eigenvalue weighted by Crippen LogP contribution is -2.43. The highest BCUT2D eigenvalue weighted by molar-refractivity contribution is 5.98. The highest BCUT2D eigenvalue weighted by Crippen LogP contribution is 2.16. The second-order valence-corrected chi connectivity index (χ2v) is 3.89. The summed E-state index contributed by atoms with van der Waals surface area (Å²) in [6.07, 6.45) is 1.25. The molecule has 1 amide bonds. The molecule has 8 nitrogen and oxygen atoms in total. The van der Waals surface area contributed by atoms with Gasteiger partial charge in [0.25, 0.3) is 11.6 Å². The number of rotatable bonds is 4. The molecule has 2 aromatic rings. The maximum absolute atomic E-state index is 11.8. The van der Waals surface area contributed by atoms with Crippen LogP contribution in [0.15, 0.2) is 16.8 Å². The number of carbonyl (C=O) groups is 2. The molecule has 100 valence electrons. The van der Waals surface area contributed by atoms with Crippen LogP contribution in [0.4, 0.5) is 0 Å². The Kier molecular flexibility index (Phi) is 3.43. The zero-order valence-electron chi connectivity index (χ0n) is 9.95. The molecule has 2 aromatic heterocycles. The van der Waals surface area contributed by atoms with Gasteiger partial charge in [0.15, 0.2) is 6.04 Å². The number of amides is 1. The summed E-state index contributed by atoms with van der Waals surface area (Å²) in [6, 6.07) is 0.145. The van der Waals surface area contributed by atoms with Crippen LogP contribution in [0.3, 0.4) is 0 Å². The van der Waals surface area contributed by atoms with Crippen molar-refractivity contribution >= 4 is 23.0 Å². The number of pyridine rings is 1. The molecule has 0 aromatic carbocycles. The highest BCUT2D eigenvalue weighted by atomic mass is 16.5. The van der Waals surface area contributed by atoms with Gasteiger partial charge >= 0.3 is 5.97 Å². The van der Waals surface area contributed by atoms with Gasteiger partial charge < -0.3 is 20.1 Å². The summed E-state index contributed by atoms with van der Waals surface area (Å²) in [5.74, 6) is -1.96. The summed E-state index contributed by atoms with van der Waals surface area (Å²) in [6.45, 7) is 1.01. The third-order valence-corrected chi connectivity index (χ3v) is 2.56.